The molecule has 0 saturated carbocycles. The van der Waals surface area contributed by atoms with Crippen molar-refractivity contribution in [2.24, 2.45) is 10.9 Å². The number of nitrogens with zero attached hydrogens (tertiary/aromatic N) is 2. The maximum Gasteiger partial charge on any atom is 0.153 e. The van der Waals surface area contributed by atoms with E-state index in [0.29, 0.717) is 12.6 Å². The van der Waals surface area contributed by atoms with Crippen molar-refractivity contribution in [2.75, 3.05) is 13.1 Å². The van der Waals surface area contributed by atoms with Crippen LogP contribution in [0.1, 0.15) is 25.0 Å². The zero-order chi connectivity index (χ0) is 14.7. The van der Waals surface area contributed by atoms with Gasteiger partial charge in [-0.2, -0.15) is 0 Å². The van der Waals surface area contributed by atoms with E-state index in [1.165, 1.54) is 11.1 Å². The molecular formula is C15H23N3O2. The monoisotopic (exact) mass is 277 g/mol. The average molecular weight is 277 g/mol. The predicted octanol–water partition coefficient (Wildman–Crippen LogP) is 1.76. The summed E-state index contributed by atoms with van der Waals surface area (Å²) in [6.07, 6.45) is 1.04. The third-order valence-electron chi connectivity index (χ3n) is 3.62. The Morgan fingerprint density at radius 2 is 2.30 bits per heavy atom. The molecule has 3 N–H and O–H groups in total. The van der Waals surface area contributed by atoms with Crippen LogP contribution in [0.5, 0.6) is 5.75 Å². The highest BCUT2D eigenvalue weighted by atomic mass is 16.5. The van der Waals surface area contributed by atoms with Gasteiger partial charge in [0.1, 0.15) is 11.9 Å². The molecule has 0 aromatic heterocycles. The summed E-state index contributed by atoms with van der Waals surface area (Å²) < 4.78 is 5.97. The van der Waals surface area contributed by atoms with Crippen molar-refractivity contribution in [3.05, 3.63) is 29.3 Å². The average Bonchev–Trinajstić information content (AvgIpc) is 2.79. The number of ether oxygens (including phenoxy) is 1. The minimum Gasteiger partial charge on any atom is -0.488 e. The lowest BCUT2D eigenvalue weighted by Gasteiger charge is -2.28. The normalized spacial score (nSPS) is 18.4. The summed E-state index contributed by atoms with van der Waals surface area (Å²) >= 11 is 0. The first kappa shape index (κ1) is 14.7. The number of rotatable bonds is 5. The van der Waals surface area contributed by atoms with Crippen molar-refractivity contribution in [2.45, 2.75) is 39.3 Å². The first-order valence-corrected chi connectivity index (χ1v) is 6.96. The quantitative estimate of drug-likeness (QED) is 0.372. The van der Waals surface area contributed by atoms with Gasteiger partial charge in [-0.3, -0.25) is 4.90 Å². The van der Waals surface area contributed by atoms with Crippen molar-refractivity contribution >= 4 is 5.84 Å². The predicted molar refractivity (Wildman–Crippen MR) is 79.4 cm³/mol. The van der Waals surface area contributed by atoms with E-state index in [4.69, 9.17) is 15.7 Å². The molecule has 1 atom stereocenters. The number of benzene rings is 1. The van der Waals surface area contributed by atoms with E-state index in [9.17, 15) is 0 Å². The molecule has 5 heteroatoms. The van der Waals surface area contributed by atoms with Crippen molar-refractivity contribution < 1.29 is 9.94 Å². The van der Waals surface area contributed by atoms with Gasteiger partial charge in [0.15, 0.2) is 5.84 Å². The summed E-state index contributed by atoms with van der Waals surface area (Å²) in [6.45, 7) is 7.49. The van der Waals surface area contributed by atoms with Gasteiger partial charge < -0.3 is 15.7 Å². The lowest BCUT2D eigenvalue weighted by Crippen LogP contribution is -2.44. The Kier molecular flexibility index (Phi) is 4.49. The summed E-state index contributed by atoms with van der Waals surface area (Å²) in [4.78, 5) is 2.15. The van der Waals surface area contributed by atoms with E-state index in [0.717, 1.165) is 18.7 Å². The number of amidine groups is 1. The molecule has 0 spiro atoms. The Hall–Kier alpha value is -1.75. The van der Waals surface area contributed by atoms with E-state index in [-0.39, 0.29) is 11.9 Å². The van der Waals surface area contributed by atoms with Gasteiger partial charge in [0.25, 0.3) is 0 Å². The van der Waals surface area contributed by atoms with Crippen LogP contribution in [0.3, 0.4) is 0 Å². The van der Waals surface area contributed by atoms with Gasteiger partial charge in [-0.1, -0.05) is 22.9 Å². The van der Waals surface area contributed by atoms with Crippen LogP contribution in [0, 0.1) is 6.92 Å². The fourth-order valence-electron chi connectivity index (χ4n) is 2.51. The second-order valence-electron chi connectivity index (χ2n) is 5.67. The smallest absolute Gasteiger partial charge is 0.153 e. The minimum atomic E-state index is 0.126. The molecule has 1 unspecified atom stereocenters. The topological polar surface area (TPSA) is 71.1 Å². The summed E-state index contributed by atoms with van der Waals surface area (Å²) in [6, 6.07) is 6.59. The standard InChI is InChI=1S/C15H23N3O2/c1-10(2)18(9-15(16)17-19)8-13-7-12-6-11(3)4-5-14(12)20-13/h4-6,10,13,19H,7-9H2,1-3H3,(H2,16,17). The SMILES string of the molecule is Cc1ccc2c(c1)CC(CN(CC(N)=NO)C(C)C)O2. The van der Waals surface area contributed by atoms with Crippen LogP contribution < -0.4 is 10.5 Å². The molecule has 0 fully saturated rings. The Balaban J connectivity index is 2.00. The van der Waals surface area contributed by atoms with Crippen molar-refractivity contribution in [1.29, 1.82) is 0 Å². The molecule has 110 valence electrons. The molecule has 0 saturated heterocycles. The Labute approximate surface area is 120 Å². The maximum absolute atomic E-state index is 8.70. The molecule has 0 amide bonds. The van der Waals surface area contributed by atoms with Crippen molar-refractivity contribution in [1.82, 2.24) is 4.90 Å². The minimum absolute atomic E-state index is 0.126. The van der Waals surface area contributed by atoms with Crippen LogP contribution in [-0.4, -0.2) is 41.2 Å². The second kappa shape index (κ2) is 6.13. The van der Waals surface area contributed by atoms with Gasteiger partial charge in [0.2, 0.25) is 0 Å². The van der Waals surface area contributed by atoms with E-state index in [1.807, 2.05) is 6.07 Å². The fourth-order valence-corrected chi connectivity index (χ4v) is 2.51. The zero-order valence-electron chi connectivity index (χ0n) is 12.3. The van der Waals surface area contributed by atoms with Crippen LogP contribution in [0.25, 0.3) is 0 Å². The molecule has 1 aromatic carbocycles. The third-order valence-corrected chi connectivity index (χ3v) is 3.62. The lowest BCUT2D eigenvalue weighted by molar-refractivity contribution is 0.140. The van der Waals surface area contributed by atoms with Gasteiger partial charge in [0, 0.05) is 19.0 Å². The molecular weight excluding hydrogens is 254 g/mol. The molecule has 1 heterocycles. The Morgan fingerprint density at radius 3 is 2.95 bits per heavy atom. The molecule has 5 nitrogen and oxygen atoms in total. The molecule has 1 aliphatic rings. The molecule has 20 heavy (non-hydrogen) atoms. The van der Waals surface area contributed by atoms with Crippen LogP contribution in [-0.2, 0) is 6.42 Å². The van der Waals surface area contributed by atoms with Gasteiger partial charge in [-0.05, 0) is 32.4 Å². The van der Waals surface area contributed by atoms with Crippen LogP contribution in [0.2, 0.25) is 0 Å². The van der Waals surface area contributed by atoms with E-state index in [1.54, 1.807) is 0 Å². The summed E-state index contributed by atoms with van der Waals surface area (Å²) in [5.41, 5.74) is 8.13. The van der Waals surface area contributed by atoms with E-state index < -0.39 is 0 Å². The summed E-state index contributed by atoms with van der Waals surface area (Å²) in [5.74, 6) is 1.21. The van der Waals surface area contributed by atoms with Crippen LogP contribution in [0.15, 0.2) is 23.4 Å². The lowest BCUT2D eigenvalue weighted by atomic mass is 10.1. The highest BCUT2D eigenvalue weighted by Crippen LogP contribution is 2.29. The maximum atomic E-state index is 8.70. The van der Waals surface area contributed by atoms with Gasteiger partial charge in [-0.25, -0.2) is 0 Å². The summed E-state index contributed by atoms with van der Waals surface area (Å²) in [7, 11) is 0. The van der Waals surface area contributed by atoms with E-state index in [2.05, 4.69) is 43.0 Å². The van der Waals surface area contributed by atoms with Gasteiger partial charge in [0.05, 0.1) is 6.54 Å². The molecule has 0 radical (unpaired) electrons. The summed E-state index contributed by atoms with van der Waals surface area (Å²) in [5, 5.41) is 11.8. The van der Waals surface area contributed by atoms with Crippen LogP contribution in [0.4, 0.5) is 0 Å². The molecule has 0 bridgehead atoms. The number of hydrogen-bond donors (Lipinski definition) is 2. The van der Waals surface area contributed by atoms with Crippen molar-refractivity contribution in [3.8, 4) is 5.75 Å². The van der Waals surface area contributed by atoms with Gasteiger partial charge >= 0.3 is 0 Å². The number of aryl methyl sites for hydroxylation is 1. The van der Waals surface area contributed by atoms with Crippen LogP contribution >= 0.6 is 0 Å². The molecule has 0 aliphatic carbocycles. The number of nitrogens with two attached hydrogens (primary N) is 1. The molecule has 1 aromatic rings. The fraction of sp³-hybridized carbons (Fsp3) is 0.533. The highest BCUT2D eigenvalue weighted by Gasteiger charge is 2.26. The van der Waals surface area contributed by atoms with Gasteiger partial charge in [-0.15, -0.1) is 0 Å². The van der Waals surface area contributed by atoms with E-state index >= 15 is 0 Å². The number of fused-ring (bicyclic) bond motifs is 1. The Bertz CT molecular complexity index is 500. The second-order valence-corrected chi connectivity index (χ2v) is 5.67. The third kappa shape index (κ3) is 3.42. The first-order chi connectivity index (χ1) is 9.49. The number of oxime groups is 1. The molecule has 2 rings (SSSR count). The number of hydrogen-bond acceptors (Lipinski definition) is 4. The zero-order valence-corrected chi connectivity index (χ0v) is 12.3. The largest absolute Gasteiger partial charge is 0.488 e. The highest BCUT2D eigenvalue weighted by molar-refractivity contribution is 5.81. The molecule has 1 aliphatic heterocycles. The Morgan fingerprint density at radius 1 is 1.55 bits per heavy atom. The van der Waals surface area contributed by atoms with Crippen molar-refractivity contribution in [3.63, 3.8) is 0 Å². The first-order valence-electron chi connectivity index (χ1n) is 6.96.